The molecule has 4 heteroatoms. The summed E-state index contributed by atoms with van der Waals surface area (Å²) < 4.78 is 0.727. The average Bonchev–Trinajstić information content (AvgIpc) is 2.08. The lowest BCUT2D eigenvalue weighted by molar-refractivity contribution is 0.0963. The van der Waals surface area contributed by atoms with E-state index in [-0.39, 0.29) is 5.91 Å². The Kier molecular flexibility index (Phi) is 3.12. The van der Waals surface area contributed by atoms with Crippen molar-refractivity contribution in [2.24, 2.45) is 0 Å². The standard InChI is InChI=1S/C8H7BrClNO/c1-11-8(12)5-3-2-4-6(9)7(5)10/h2-4H,1H3,(H,11,12). The Morgan fingerprint density at radius 3 is 2.83 bits per heavy atom. The van der Waals surface area contributed by atoms with Gasteiger partial charge >= 0.3 is 0 Å². The number of carbonyl (C=O) groups excluding carboxylic acids is 1. The zero-order valence-corrected chi connectivity index (χ0v) is 8.74. The number of nitrogens with one attached hydrogen (secondary N) is 1. The Balaban J connectivity index is 3.16. The van der Waals surface area contributed by atoms with E-state index in [2.05, 4.69) is 21.2 Å². The fraction of sp³-hybridized carbons (Fsp3) is 0.125. The van der Waals surface area contributed by atoms with E-state index < -0.39 is 0 Å². The van der Waals surface area contributed by atoms with Gasteiger partial charge in [0.2, 0.25) is 0 Å². The molecule has 2 nitrogen and oxygen atoms in total. The summed E-state index contributed by atoms with van der Waals surface area (Å²) in [5, 5.41) is 2.95. The first-order chi connectivity index (χ1) is 5.66. The van der Waals surface area contributed by atoms with Gasteiger partial charge < -0.3 is 5.32 Å². The van der Waals surface area contributed by atoms with Gasteiger partial charge in [-0.15, -0.1) is 0 Å². The second kappa shape index (κ2) is 3.92. The summed E-state index contributed by atoms with van der Waals surface area (Å²) in [6.45, 7) is 0. The molecule has 0 atom stereocenters. The molecule has 0 aromatic heterocycles. The quantitative estimate of drug-likeness (QED) is 0.813. The van der Waals surface area contributed by atoms with E-state index in [1.807, 2.05) is 0 Å². The third-order valence-electron chi connectivity index (χ3n) is 1.42. The van der Waals surface area contributed by atoms with Gasteiger partial charge in [0.15, 0.2) is 0 Å². The molecule has 0 radical (unpaired) electrons. The van der Waals surface area contributed by atoms with Gasteiger partial charge in [-0.05, 0) is 28.1 Å². The molecule has 0 saturated heterocycles. The summed E-state index contributed by atoms with van der Waals surface area (Å²) in [6.07, 6.45) is 0. The highest BCUT2D eigenvalue weighted by Crippen LogP contribution is 2.25. The summed E-state index contributed by atoms with van der Waals surface area (Å²) in [6, 6.07) is 5.22. The van der Waals surface area contributed by atoms with Gasteiger partial charge in [-0.2, -0.15) is 0 Å². The summed E-state index contributed by atoms with van der Waals surface area (Å²) in [5.74, 6) is -0.179. The minimum Gasteiger partial charge on any atom is -0.355 e. The van der Waals surface area contributed by atoms with Gasteiger partial charge in [-0.25, -0.2) is 0 Å². The lowest BCUT2D eigenvalue weighted by Gasteiger charge is -2.03. The van der Waals surface area contributed by atoms with Crippen LogP contribution in [-0.4, -0.2) is 13.0 Å². The Labute approximate surface area is 84.0 Å². The van der Waals surface area contributed by atoms with Gasteiger partial charge in [0.05, 0.1) is 10.6 Å². The average molecular weight is 249 g/mol. The van der Waals surface area contributed by atoms with Crippen molar-refractivity contribution in [3.05, 3.63) is 33.3 Å². The SMILES string of the molecule is CNC(=O)c1cccc(Br)c1Cl. The first kappa shape index (κ1) is 9.55. The van der Waals surface area contributed by atoms with Gasteiger partial charge in [-0.3, -0.25) is 4.79 Å². The van der Waals surface area contributed by atoms with Crippen molar-refractivity contribution in [3.8, 4) is 0 Å². The first-order valence-electron chi connectivity index (χ1n) is 3.33. The first-order valence-corrected chi connectivity index (χ1v) is 4.50. The highest BCUT2D eigenvalue weighted by Gasteiger charge is 2.09. The largest absolute Gasteiger partial charge is 0.355 e. The van der Waals surface area contributed by atoms with Crippen LogP contribution in [0.15, 0.2) is 22.7 Å². The zero-order chi connectivity index (χ0) is 9.14. The molecule has 12 heavy (non-hydrogen) atoms. The molecule has 0 aliphatic carbocycles. The third-order valence-corrected chi connectivity index (χ3v) is 2.72. The second-order valence-electron chi connectivity index (χ2n) is 2.18. The van der Waals surface area contributed by atoms with Gasteiger partial charge in [-0.1, -0.05) is 17.7 Å². The number of benzene rings is 1. The van der Waals surface area contributed by atoms with E-state index in [4.69, 9.17) is 11.6 Å². The van der Waals surface area contributed by atoms with E-state index in [1.165, 1.54) is 0 Å². The molecule has 0 saturated carbocycles. The van der Waals surface area contributed by atoms with E-state index in [0.29, 0.717) is 10.6 Å². The van der Waals surface area contributed by atoms with Crippen molar-refractivity contribution in [2.45, 2.75) is 0 Å². The fourth-order valence-corrected chi connectivity index (χ4v) is 1.39. The molecule has 1 aromatic carbocycles. The van der Waals surface area contributed by atoms with Gasteiger partial charge in [0.25, 0.3) is 5.91 Å². The van der Waals surface area contributed by atoms with Crippen molar-refractivity contribution >= 4 is 33.4 Å². The maximum absolute atomic E-state index is 11.2. The molecule has 1 rings (SSSR count). The molecule has 0 aliphatic rings. The molecular weight excluding hydrogens is 241 g/mol. The Bertz CT molecular complexity index is 314. The van der Waals surface area contributed by atoms with Crippen LogP contribution in [-0.2, 0) is 0 Å². The van der Waals surface area contributed by atoms with Crippen molar-refractivity contribution < 1.29 is 4.79 Å². The topological polar surface area (TPSA) is 29.1 Å². The lowest BCUT2D eigenvalue weighted by atomic mass is 10.2. The van der Waals surface area contributed by atoms with Crippen LogP contribution >= 0.6 is 27.5 Å². The Morgan fingerprint density at radius 1 is 1.58 bits per heavy atom. The van der Waals surface area contributed by atoms with E-state index in [1.54, 1.807) is 25.2 Å². The number of hydrogen-bond acceptors (Lipinski definition) is 1. The molecule has 0 bridgehead atoms. The minimum atomic E-state index is -0.179. The molecule has 0 spiro atoms. The molecule has 1 aromatic rings. The molecule has 0 heterocycles. The monoisotopic (exact) mass is 247 g/mol. The fourth-order valence-electron chi connectivity index (χ4n) is 0.814. The Hall–Kier alpha value is -0.540. The second-order valence-corrected chi connectivity index (χ2v) is 3.41. The maximum Gasteiger partial charge on any atom is 0.252 e. The summed E-state index contributed by atoms with van der Waals surface area (Å²) in [5.41, 5.74) is 0.480. The molecule has 0 aliphatic heterocycles. The van der Waals surface area contributed by atoms with Crippen molar-refractivity contribution in [1.82, 2.24) is 5.32 Å². The zero-order valence-electron chi connectivity index (χ0n) is 6.40. The van der Waals surface area contributed by atoms with Crippen molar-refractivity contribution in [3.63, 3.8) is 0 Å². The molecular formula is C8H7BrClNO. The van der Waals surface area contributed by atoms with Crippen molar-refractivity contribution in [1.29, 1.82) is 0 Å². The lowest BCUT2D eigenvalue weighted by Crippen LogP contribution is -2.18. The highest BCUT2D eigenvalue weighted by atomic mass is 79.9. The highest BCUT2D eigenvalue weighted by molar-refractivity contribution is 9.10. The summed E-state index contributed by atoms with van der Waals surface area (Å²) in [4.78, 5) is 11.2. The predicted octanol–water partition coefficient (Wildman–Crippen LogP) is 2.46. The number of hydrogen-bond donors (Lipinski definition) is 1. The van der Waals surface area contributed by atoms with Crippen LogP contribution in [0.1, 0.15) is 10.4 Å². The van der Waals surface area contributed by atoms with Crippen molar-refractivity contribution in [2.75, 3.05) is 7.05 Å². The van der Waals surface area contributed by atoms with Gasteiger partial charge in [0, 0.05) is 11.5 Å². The molecule has 1 amide bonds. The van der Waals surface area contributed by atoms with Crippen LogP contribution in [0.2, 0.25) is 5.02 Å². The van der Waals surface area contributed by atoms with E-state index >= 15 is 0 Å². The van der Waals surface area contributed by atoms with Crippen LogP contribution in [0.25, 0.3) is 0 Å². The van der Waals surface area contributed by atoms with Gasteiger partial charge in [0.1, 0.15) is 0 Å². The number of rotatable bonds is 1. The Morgan fingerprint density at radius 2 is 2.25 bits per heavy atom. The number of amides is 1. The summed E-state index contributed by atoms with van der Waals surface area (Å²) >= 11 is 9.09. The van der Waals surface area contributed by atoms with Crippen LogP contribution in [0.3, 0.4) is 0 Å². The molecule has 0 fully saturated rings. The summed E-state index contributed by atoms with van der Waals surface area (Å²) in [7, 11) is 1.57. The predicted molar refractivity (Wildman–Crippen MR) is 52.5 cm³/mol. The van der Waals surface area contributed by atoms with Crippen LogP contribution < -0.4 is 5.32 Å². The van der Waals surface area contributed by atoms with Crippen LogP contribution in [0.5, 0.6) is 0 Å². The molecule has 0 unspecified atom stereocenters. The number of carbonyl (C=O) groups is 1. The third kappa shape index (κ3) is 1.79. The van der Waals surface area contributed by atoms with Crippen LogP contribution in [0.4, 0.5) is 0 Å². The van der Waals surface area contributed by atoms with E-state index in [0.717, 1.165) is 4.47 Å². The van der Waals surface area contributed by atoms with E-state index in [9.17, 15) is 4.79 Å². The number of halogens is 2. The molecule has 64 valence electrons. The van der Waals surface area contributed by atoms with Crippen LogP contribution in [0, 0.1) is 0 Å². The normalized spacial score (nSPS) is 9.58. The molecule has 1 N–H and O–H groups in total. The maximum atomic E-state index is 11.2. The smallest absolute Gasteiger partial charge is 0.252 e. The minimum absolute atomic E-state index is 0.179.